The molecule has 0 saturated heterocycles. The van der Waals surface area contributed by atoms with E-state index in [1.165, 1.54) is 0 Å². The molecule has 2 aromatic rings. The van der Waals surface area contributed by atoms with Crippen LogP contribution in [0.3, 0.4) is 0 Å². The molecule has 0 bridgehead atoms. The van der Waals surface area contributed by atoms with Gasteiger partial charge in [0.25, 0.3) is 0 Å². The summed E-state index contributed by atoms with van der Waals surface area (Å²) in [4.78, 5) is 7.89. The summed E-state index contributed by atoms with van der Waals surface area (Å²) in [6.07, 6.45) is 0. The SMILES string of the molecule is Cc1cc(Oc2cccc(Cl)c2)nc(Cl)n1. The van der Waals surface area contributed by atoms with Crippen LogP contribution in [0.15, 0.2) is 30.3 Å². The lowest BCUT2D eigenvalue weighted by atomic mass is 10.3. The van der Waals surface area contributed by atoms with Gasteiger partial charge in [-0.3, -0.25) is 0 Å². The summed E-state index contributed by atoms with van der Waals surface area (Å²) in [5.41, 5.74) is 0.747. The normalized spacial score (nSPS) is 10.2. The number of hydrogen-bond acceptors (Lipinski definition) is 3. The molecule has 0 aliphatic carbocycles. The molecule has 0 saturated carbocycles. The van der Waals surface area contributed by atoms with E-state index in [0.717, 1.165) is 5.69 Å². The Hall–Kier alpha value is -1.32. The molecule has 2 rings (SSSR count). The molecule has 0 N–H and O–H groups in total. The van der Waals surface area contributed by atoms with E-state index in [1.54, 1.807) is 30.3 Å². The average molecular weight is 255 g/mol. The zero-order valence-corrected chi connectivity index (χ0v) is 9.96. The van der Waals surface area contributed by atoms with Crippen LogP contribution in [0.2, 0.25) is 10.3 Å². The third-order valence-electron chi connectivity index (χ3n) is 1.82. The van der Waals surface area contributed by atoms with E-state index in [1.807, 2.05) is 6.92 Å². The molecule has 1 aromatic carbocycles. The Labute approximate surface area is 103 Å². The first-order valence-electron chi connectivity index (χ1n) is 4.58. The van der Waals surface area contributed by atoms with Gasteiger partial charge in [0.1, 0.15) is 5.75 Å². The number of halogens is 2. The van der Waals surface area contributed by atoms with Crippen molar-refractivity contribution >= 4 is 23.2 Å². The summed E-state index contributed by atoms with van der Waals surface area (Å²) in [5.74, 6) is 1.02. The molecular formula is C11H8Cl2N2O. The lowest BCUT2D eigenvalue weighted by Gasteiger charge is -2.05. The quantitative estimate of drug-likeness (QED) is 0.763. The first-order valence-corrected chi connectivity index (χ1v) is 5.34. The van der Waals surface area contributed by atoms with Gasteiger partial charge >= 0.3 is 0 Å². The van der Waals surface area contributed by atoms with Crippen molar-refractivity contribution in [3.05, 3.63) is 46.3 Å². The lowest BCUT2D eigenvalue weighted by Crippen LogP contribution is -1.92. The van der Waals surface area contributed by atoms with Crippen molar-refractivity contribution in [3.8, 4) is 11.6 Å². The third-order valence-corrected chi connectivity index (χ3v) is 2.23. The van der Waals surface area contributed by atoms with Gasteiger partial charge in [-0.05, 0) is 36.7 Å². The van der Waals surface area contributed by atoms with Crippen LogP contribution in [0.1, 0.15) is 5.69 Å². The molecule has 3 nitrogen and oxygen atoms in total. The van der Waals surface area contributed by atoms with E-state index in [9.17, 15) is 0 Å². The molecule has 0 unspecified atom stereocenters. The maximum Gasteiger partial charge on any atom is 0.225 e. The van der Waals surface area contributed by atoms with E-state index in [0.29, 0.717) is 16.7 Å². The van der Waals surface area contributed by atoms with E-state index in [-0.39, 0.29) is 5.28 Å². The van der Waals surface area contributed by atoms with Crippen LogP contribution in [0.4, 0.5) is 0 Å². The van der Waals surface area contributed by atoms with Crippen LogP contribution in [0, 0.1) is 6.92 Å². The van der Waals surface area contributed by atoms with Gasteiger partial charge in [-0.2, -0.15) is 4.98 Å². The van der Waals surface area contributed by atoms with Gasteiger partial charge in [-0.15, -0.1) is 0 Å². The average Bonchev–Trinajstić information content (AvgIpc) is 2.15. The molecule has 0 atom stereocenters. The highest BCUT2D eigenvalue weighted by atomic mass is 35.5. The van der Waals surface area contributed by atoms with Crippen molar-refractivity contribution in [2.24, 2.45) is 0 Å². The molecule has 82 valence electrons. The minimum atomic E-state index is 0.164. The predicted octanol–water partition coefficient (Wildman–Crippen LogP) is 3.88. The molecule has 1 aromatic heterocycles. The van der Waals surface area contributed by atoms with Crippen LogP contribution in [0.5, 0.6) is 11.6 Å². The number of aromatic nitrogens is 2. The Kier molecular flexibility index (Phi) is 3.27. The molecule has 1 heterocycles. The number of nitrogens with zero attached hydrogens (tertiary/aromatic N) is 2. The monoisotopic (exact) mass is 254 g/mol. The number of rotatable bonds is 2. The largest absolute Gasteiger partial charge is 0.439 e. The summed E-state index contributed by atoms with van der Waals surface area (Å²) in [6.45, 7) is 1.82. The minimum absolute atomic E-state index is 0.164. The zero-order chi connectivity index (χ0) is 11.5. The highest BCUT2D eigenvalue weighted by Crippen LogP contribution is 2.23. The smallest absolute Gasteiger partial charge is 0.225 e. The van der Waals surface area contributed by atoms with Crippen molar-refractivity contribution in [1.82, 2.24) is 9.97 Å². The van der Waals surface area contributed by atoms with Crippen LogP contribution in [0.25, 0.3) is 0 Å². The van der Waals surface area contributed by atoms with E-state index < -0.39 is 0 Å². The number of benzene rings is 1. The number of ether oxygens (including phenoxy) is 1. The standard InChI is InChI=1S/C11H8Cl2N2O/c1-7-5-10(15-11(13)14-7)16-9-4-2-3-8(12)6-9/h2-6H,1H3. The summed E-state index contributed by atoms with van der Waals surface area (Å²) in [6, 6.07) is 8.76. The molecule has 0 amide bonds. The Morgan fingerprint density at radius 2 is 1.94 bits per heavy atom. The highest BCUT2D eigenvalue weighted by molar-refractivity contribution is 6.30. The van der Waals surface area contributed by atoms with Crippen LogP contribution in [-0.4, -0.2) is 9.97 Å². The van der Waals surface area contributed by atoms with Crippen LogP contribution < -0.4 is 4.74 Å². The summed E-state index contributed by atoms with van der Waals surface area (Å²) in [7, 11) is 0. The van der Waals surface area contributed by atoms with E-state index in [4.69, 9.17) is 27.9 Å². The molecular weight excluding hydrogens is 247 g/mol. The fourth-order valence-corrected chi connectivity index (χ4v) is 1.61. The molecule has 0 aliphatic heterocycles. The summed E-state index contributed by atoms with van der Waals surface area (Å²) in [5, 5.41) is 0.770. The molecule has 0 aliphatic rings. The van der Waals surface area contributed by atoms with Gasteiger partial charge in [0.15, 0.2) is 0 Å². The fraction of sp³-hybridized carbons (Fsp3) is 0.0909. The third kappa shape index (κ3) is 2.84. The van der Waals surface area contributed by atoms with Crippen molar-refractivity contribution < 1.29 is 4.74 Å². The summed E-state index contributed by atoms with van der Waals surface area (Å²) >= 11 is 11.6. The Balaban J connectivity index is 2.27. The van der Waals surface area contributed by atoms with Crippen molar-refractivity contribution in [1.29, 1.82) is 0 Å². The van der Waals surface area contributed by atoms with Crippen molar-refractivity contribution in [2.75, 3.05) is 0 Å². The Morgan fingerprint density at radius 3 is 2.62 bits per heavy atom. The van der Waals surface area contributed by atoms with Crippen LogP contribution >= 0.6 is 23.2 Å². The first-order chi connectivity index (χ1) is 7.63. The van der Waals surface area contributed by atoms with Gasteiger partial charge in [-0.1, -0.05) is 17.7 Å². The molecule has 0 fully saturated rings. The maximum absolute atomic E-state index is 5.83. The maximum atomic E-state index is 5.83. The van der Waals surface area contributed by atoms with Crippen molar-refractivity contribution in [3.63, 3.8) is 0 Å². The number of aryl methyl sites for hydroxylation is 1. The van der Waals surface area contributed by atoms with E-state index in [2.05, 4.69) is 9.97 Å². The van der Waals surface area contributed by atoms with Gasteiger partial charge in [0, 0.05) is 16.8 Å². The first kappa shape index (κ1) is 11.2. The van der Waals surface area contributed by atoms with Crippen molar-refractivity contribution in [2.45, 2.75) is 6.92 Å². The highest BCUT2D eigenvalue weighted by Gasteiger charge is 2.03. The van der Waals surface area contributed by atoms with Gasteiger partial charge in [0.2, 0.25) is 11.2 Å². The minimum Gasteiger partial charge on any atom is -0.439 e. The lowest BCUT2D eigenvalue weighted by molar-refractivity contribution is 0.461. The fourth-order valence-electron chi connectivity index (χ4n) is 1.21. The van der Waals surface area contributed by atoms with Gasteiger partial charge in [-0.25, -0.2) is 4.98 Å². The topological polar surface area (TPSA) is 35.0 Å². The van der Waals surface area contributed by atoms with Crippen LogP contribution in [-0.2, 0) is 0 Å². The van der Waals surface area contributed by atoms with E-state index >= 15 is 0 Å². The predicted molar refractivity (Wildman–Crippen MR) is 63.3 cm³/mol. The molecule has 0 radical (unpaired) electrons. The second kappa shape index (κ2) is 4.68. The Bertz CT molecular complexity index is 497. The second-order valence-electron chi connectivity index (χ2n) is 3.18. The summed E-state index contributed by atoms with van der Waals surface area (Å²) < 4.78 is 5.50. The molecule has 16 heavy (non-hydrogen) atoms. The van der Waals surface area contributed by atoms with Gasteiger partial charge in [0.05, 0.1) is 0 Å². The van der Waals surface area contributed by atoms with Gasteiger partial charge < -0.3 is 4.74 Å². The molecule has 5 heteroatoms. The second-order valence-corrected chi connectivity index (χ2v) is 3.95. The molecule has 0 spiro atoms. The zero-order valence-electron chi connectivity index (χ0n) is 8.45. The Morgan fingerprint density at radius 1 is 1.12 bits per heavy atom. The number of hydrogen-bond donors (Lipinski definition) is 0.